The molecular weight excluding hydrogens is 228 g/mol. The lowest BCUT2D eigenvalue weighted by Crippen LogP contribution is -2.14. The molecule has 0 unspecified atom stereocenters. The fraction of sp³-hybridized carbons (Fsp3) is 0.286. The molecule has 0 aliphatic heterocycles. The predicted octanol–water partition coefficient (Wildman–Crippen LogP) is 2.05. The van der Waals surface area contributed by atoms with Gasteiger partial charge in [-0.3, -0.25) is 4.79 Å². The molecule has 4 heteroatoms. The zero-order valence-electron chi connectivity index (χ0n) is 10.5. The van der Waals surface area contributed by atoms with Crippen molar-refractivity contribution in [3.8, 4) is 11.3 Å². The van der Waals surface area contributed by atoms with Crippen LogP contribution in [-0.4, -0.2) is 15.3 Å². The normalized spacial score (nSPS) is 10.9. The summed E-state index contributed by atoms with van der Waals surface area (Å²) in [5.41, 5.74) is 2.82. The number of rotatable bonds is 3. The van der Waals surface area contributed by atoms with Crippen molar-refractivity contribution < 1.29 is 5.11 Å². The highest BCUT2D eigenvalue weighted by molar-refractivity contribution is 5.59. The van der Waals surface area contributed by atoms with Crippen LogP contribution < -0.4 is 5.56 Å². The van der Waals surface area contributed by atoms with E-state index in [0.29, 0.717) is 17.2 Å². The molecule has 0 spiro atoms. The molecular formula is C14H16N2O2. The minimum Gasteiger partial charge on any atom is -0.391 e. The third-order valence-corrected chi connectivity index (χ3v) is 2.92. The van der Waals surface area contributed by atoms with Gasteiger partial charge in [0.25, 0.3) is 5.56 Å². The van der Waals surface area contributed by atoms with Gasteiger partial charge in [-0.2, -0.15) is 5.10 Å². The lowest BCUT2D eigenvalue weighted by molar-refractivity contribution is 0.280. The lowest BCUT2D eigenvalue weighted by Gasteiger charge is -2.06. The second-order valence-electron chi connectivity index (χ2n) is 4.54. The Balaban J connectivity index is 2.39. The lowest BCUT2D eigenvalue weighted by atomic mass is 10.0. The molecule has 1 aromatic carbocycles. The van der Waals surface area contributed by atoms with E-state index < -0.39 is 0 Å². The molecule has 4 nitrogen and oxygen atoms in total. The van der Waals surface area contributed by atoms with E-state index in [-0.39, 0.29) is 12.2 Å². The maximum absolute atomic E-state index is 11.3. The van der Waals surface area contributed by atoms with Crippen molar-refractivity contribution in [1.29, 1.82) is 0 Å². The Morgan fingerprint density at radius 3 is 2.50 bits per heavy atom. The monoisotopic (exact) mass is 244 g/mol. The minimum atomic E-state index is -0.347. The van der Waals surface area contributed by atoms with E-state index in [4.69, 9.17) is 5.11 Å². The predicted molar refractivity (Wildman–Crippen MR) is 70.3 cm³/mol. The molecule has 0 saturated heterocycles. The molecule has 0 radical (unpaired) electrons. The van der Waals surface area contributed by atoms with Gasteiger partial charge in [-0.15, -0.1) is 0 Å². The molecule has 94 valence electrons. The average molecular weight is 244 g/mol. The minimum absolute atomic E-state index is 0.283. The largest absolute Gasteiger partial charge is 0.391 e. The number of aliphatic hydroxyl groups excluding tert-OH is 1. The standard InChI is InChI=1S/C14H16N2O2/c1-9(2)10-3-5-11(6-4-10)13-7-12(8-17)14(18)16-15-13/h3-7,9,17H,8H2,1-2H3,(H,16,18). The number of aromatic nitrogens is 2. The Morgan fingerprint density at radius 2 is 1.94 bits per heavy atom. The summed E-state index contributed by atoms with van der Waals surface area (Å²) in [6.45, 7) is 3.99. The number of hydrogen-bond acceptors (Lipinski definition) is 3. The van der Waals surface area contributed by atoms with Gasteiger partial charge in [0.2, 0.25) is 0 Å². The van der Waals surface area contributed by atoms with Gasteiger partial charge >= 0.3 is 0 Å². The maximum Gasteiger partial charge on any atom is 0.269 e. The SMILES string of the molecule is CC(C)c1ccc(-c2cc(CO)c(=O)[nH]n2)cc1. The first kappa shape index (κ1) is 12.5. The van der Waals surface area contributed by atoms with E-state index in [1.54, 1.807) is 6.07 Å². The van der Waals surface area contributed by atoms with E-state index in [0.717, 1.165) is 5.56 Å². The summed E-state index contributed by atoms with van der Waals surface area (Å²) in [4.78, 5) is 11.3. The molecule has 0 fully saturated rings. The molecule has 0 aliphatic rings. The highest BCUT2D eigenvalue weighted by Crippen LogP contribution is 2.20. The van der Waals surface area contributed by atoms with Gasteiger partial charge in [0.05, 0.1) is 12.3 Å². The fourth-order valence-corrected chi connectivity index (χ4v) is 1.75. The van der Waals surface area contributed by atoms with Crippen LogP contribution >= 0.6 is 0 Å². The van der Waals surface area contributed by atoms with E-state index in [1.165, 1.54) is 5.56 Å². The number of benzene rings is 1. The van der Waals surface area contributed by atoms with Crippen LogP contribution in [0.2, 0.25) is 0 Å². The second-order valence-corrected chi connectivity index (χ2v) is 4.54. The molecule has 0 amide bonds. The summed E-state index contributed by atoms with van der Waals surface area (Å²) < 4.78 is 0. The second kappa shape index (κ2) is 5.14. The zero-order chi connectivity index (χ0) is 13.1. The zero-order valence-corrected chi connectivity index (χ0v) is 10.5. The first-order chi connectivity index (χ1) is 8.61. The van der Waals surface area contributed by atoms with E-state index in [9.17, 15) is 4.79 Å². The van der Waals surface area contributed by atoms with Gasteiger partial charge in [-0.1, -0.05) is 38.1 Å². The van der Waals surface area contributed by atoms with Gasteiger partial charge in [-0.25, -0.2) is 5.10 Å². The van der Waals surface area contributed by atoms with Crippen molar-refractivity contribution >= 4 is 0 Å². The fourth-order valence-electron chi connectivity index (χ4n) is 1.75. The smallest absolute Gasteiger partial charge is 0.269 e. The van der Waals surface area contributed by atoms with Crippen LogP contribution in [0.5, 0.6) is 0 Å². The summed E-state index contributed by atoms with van der Waals surface area (Å²) >= 11 is 0. The van der Waals surface area contributed by atoms with Crippen LogP contribution in [0.1, 0.15) is 30.9 Å². The van der Waals surface area contributed by atoms with Gasteiger partial charge in [0.15, 0.2) is 0 Å². The van der Waals surface area contributed by atoms with Gasteiger partial charge in [0, 0.05) is 11.1 Å². The molecule has 1 aromatic heterocycles. The van der Waals surface area contributed by atoms with Gasteiger partial charge in [-0.05, 0) is 17.5 Å². The van der Waals surface area contributed by atoms with Crippen LogP contribution in [0.4, 0.5) is 0 Å². The van der Waals surface area contributed by atoms with Crippen molar-refractivity contribution in [2.75, 3.05) is 0 Å². The van der Waals surface area contributed by atoms with Crippen LogP contribution in [0, 0.1) is 0 Å². The maximum atomic E-state index is 11.3. The molecule has 0 aliphatic carbocycles. The third-order valence-electron chi connectivity index (χ3n) is 2.92. The molecule has 0 saturated carbocycles. The molecule has 18 heavy (non-hydrogen) atoms. The quantitative estimate of drug-likeness (QED) is 0.868. The molecule has 1 heterocycles. The van der Waals surface area contributed by atoms with E-state index in [1.807, 2.05) is 24.3 Å². The van der Waals surface area contributed by atoms with Crippen molar-refractivity contribution in [2.45, 2.75) is 26.4 Å². The van der Waals surface area contributed by atoms with Gasteiger partial charge in [0.1, 0.15) is 0 Å². The van der Waals surface area contributed by atoms with E-state index >= 15 is 0 Å². The summed E-state index contributed by atoms with van der Waals surface area (Å²) in [7, 11) is 0. The van der Waals surface area contributed by atoms with Crippen molar-refractivity contribution in [1.82, 2.24) is 10.2 Å². The average Bonchev–Trinajstić information content (AvgIpc) is 2.39. The molecule has 2 N–H and O–H groups in total. The van der Waals surface area contributed by atoms with Crippen LogP contribution in [0.15, 0.2) is 35.1 Å². The molecule has 2 rings (SSSR count). The van der Waals surface area contributed by atoms with Crippen molar-refractivity contribution in [2.24, 2.45) is 0 Å². The van der Waals surface area contributed by atoms with Crippen LogP contribution in [-0.2, 0) is 6.61 Å². The van der Waals surface area contributed by atoms with Crippen LogP contribution in [0.3, 0.4) is 0 Å². The summed E-state index contributed by atoms with van der Waals surface area (Å²) in [6, 6.07) is 9.65. The number of nitrogens with zero attached hydrogens (tertiary/aromatic N) is 1. The third kappa shape index (κ3) is 2.49. The van der Waals surface area contributed by atoms with Crippen molar-refractivity contribution in [3.05, 3.63) is 51.8 Å². The highest BCUT2D eigenvalue weighted by Gasteiger charge is 2.05. The number of nitrogens with one attached hydrogen (secondary N) is 1. The topological polar surface area (TPSA) is 66.0 Å². The Hall–Kier alpha value is -1.94. The Kier molecular flexibility index (Phi) is 3.58. The Labute approximate surface area is 105 Å². The molecule has 0 bridgehead atoms. The first-order valence-corrected chi connectivity index (χ1v) is 5.91. The molecule has 2 aromatic rings. The summed E-state index contributed by atoms with van der Waals surface area (Å²) in [6.07, 6.45) is 0. The van der Waals surface area contributed by atoms with E-state index in [2.05, 4.69) is 24.0 Å². The summed E-state index contributed by atoms with van der Waals surface area (Å²) in [5.74, 6) is 0.482. The summed E-state index contributed by atoms with van der Waals surface area (Å²) in [5, 5.41) is 15.4. The number of aromatic amines is 1. The Bertz CT molecular complexity index is 585. The highest BCUT2D eigenvalue weighted by atomic mass is 16.3. The van der Waals surface area contributed by atoms with Crippen LogP contribution in [0.25, 0.3) is 11.3 Å². The van der Waals surface area contributed by atoms with Gasteiger partial charge < -0.3 is 5.11 Å². The van der Waals surface area contributed by atoms with Crippen molar-refractivity contribution in [3.63, 3.8) is 0 Å². The number of aliphatic hydroxyl groups is 1. The number of hydrogen-bond donors (Lipinski definition) is 2. The Morgan fingerprint density at radius 1 is 1.28 bits per heavy atom. The number of H-pyrrole nitrogens is 1. The molecule has 0 atom stereocenters. The first-order valence-electron chi connectivity index (χ1n) is 5.91.